The number of hydrogen-bond acceptors (Lipinski definition) is 5. The van der Waals surface area contributed by atoms with E-state index < -0.39 is 0 Å². The average Bonchev–Trinajstić information content (AvgIpc) is 2.79. The minimum absolute atomic E-state index is 0.130. The maximum Gasteiger partial charge on any atom is 0.235 e. The van der Waals surface area contributed by atoms with E-state index in [4.69, 9.17) is 0 Å². The third-order valence-electron chi connectivity index (χ3n) is 4.92. The Labute approximate surface area is 158 Å². The molecule has 0 unspecified atom stereocenters. The smallest absolute Gasteiger partial charge is 0.235 e. The van der Waals surface area contributed by atoms with Gasteiger partial charge in [-0.25, -0.2) is 9.97 Å². The van der Waals surface area contributed by atoms with E-state index in [2.05, 4.69) is 37.7 Å². The summed E-state index contributed by atoms with van der Waals surface area (Å²) >= 11 is 3.29. The Morgan fingerprint density at radius 3 is 2.48 bits per heavy atom. The lowest BCUT2D eigenvalue weighted by Crippen LogP contribution is -2.45. The fraction of sp³-hybridized carbons (Fsp3) is 0.632. The fourth-order valence-electron chi connectivity index (χ4n) is 3.72. The summed E-state index contributed by atoms with van der Waals surface area (Å²) in [6, 6.07) is 0. The number of likely N-dealkylation sites (tertiary alicyclic amines) is 1. The first kappa shape index (κ1) is 18.6. The molecule has 3 rings (SSSR count). The average molecular weight is 378 g/mol. The van der Waals surface area contributed by atoms with Gasteiger partial charge in [0.2, 0.25) is 5.91 Å². The van der Waals surface area contributed by atoms with Gasteiger partial charge in [-0.3, -0.25) is 4.79 Å². The Bertz CT molecular complexity index is 792. The molecule has 4 nitrogen and oxygen atoms in total. The molecule has 1 aliphatic heterocycles. The molecule has 1 fully saturated rings. The minimum atomic E-state index is -0.130. The molecular formula is C19H27N3OS2. The van der Waals surface area contributed by atoms with Gasteiger partial charge in [0.15, 0.2) is 0 Å². The van der Waals surface area contributed by atoms with E-state index in [1.807, 2.05) is 18.7 Å². The predicted molar refractivity (Wildman–Crippen MR) is 106 cm³/mol. The van der Waals surface area contributed by atoms with Crippen LogP contribution in [0.25, 0.3) is 10.2 Å². The normalized spacial score (nSPS) is 22.4. The molecule has 25 heavy (non-hydrogen) atoms. The second-order valence-corrected chi connectivity index (χ2v) is 10.0. The molecule has 1 amide bonds. The summed E-state index contributed by atoms with van der Waals surface area (Å²) in [4.78, 5) is 26.6. The highest BCUT2D eigenvalue weighted by atomic mass is 32.2. The highest BCUT2D eigenvalue weighted by molar-refractivity contribution is 8.00. The minimum Gasteiger partial charge on any atom is -0.341 e. The van der Waals surface area contributed by atoms with Crippen LogP contribution < -0.4 is 0 Å². The summed E-state index contributed by atoms with van der Waals surface area (Å²) in [5.41, 5.74) is 1.24. The van der Waals surface area contributed by atoms with Gasteiger partial charge < -0.3 is 4.90 Å². The number of thioether (sulfide) groups is 1. The number of rotatable bonds is 3. The van der Waals surface area contributed by atoms with Crippen molar-refractivity contribution < 1.29 is 4.79 Å². The zero-order valence-electron chi connectivity index (χ0n) is 15.9. The van der Waals surface area contributed by atoms with E-state index in [9.17, 15) is 4.79 Å². The quantitative estimate of drug-likeness (QED) is 0.579. The van der Waals surface area contributed by atoms with Gasteiger partial charge in [0.05, 0.1) is 5.25 Å². The molecule has 0 saturated carbocycles. The molecule has 1 saturated heterocycles. The van der Waals surface area contributed by atoms with Gasteiger partial charge >= 0.3 is 0 Å². The first-order chi connectivity index (χ1) is 11.8. The number of piperidine rings is 1. The van der Waals surface area contributed by atoms with Crippen LogP contribution >= 0.6 is 23.1 Å². The third kappa shape index (κ3) is 3.85. The molecule has 0 spiro atoms. The number of hydrogen-bond donors (Lipinski definition) is 0. The Kier molecular flexibility index (Phi) is 5.40. The number of thiophene rings is 1. The van der Waals surface area contributed by atoms with Gasteiger partial charge in [-0.1, -0.05) is 25.6 Å². The fourth-order valence-corrected chi connectivity index (χ4v) is 5.99. The van der Waals surface area contributed by atoms with Crippen LogP contribution in [-0.4, -0.2) is 39.1 Å². The highest BCUT2D eigenvalue weighted by Crippen LogP contribution is 2.37. The van der Waals surface area contributed by atoms with E-state index in [0.717, 1.165) is 34.2 Å². The van der Waals surface area contributed by atoms with Gasteiger partial charge in [-0.2, -0.15) is 0 Å². The number of carbonyl (C=O) groups excluding carboxylic acids is 1. The van der Waals surface area contributed by atoms with Crippen molar-refractivity contribution in [2.24, 2.45) is 11.8 Å². The first-order valence-corrected chi connectivity index (χ1v) is 10.7. The lowest BCUT2D eigenvalue weighted by molar-refractivity contribution is -0.132. The van der Waals surface area contributed by atoms with Crippen LogP contribution in [0.5, 0.6) is 0 Å². The van der Waals surface area contributed by atoms with Crippen molar-refractivity contribution in [3.8, 4) is 0 Å². The molecule has 0 N–H and O–H groups in total. The number of fused-ring (bicyclic) bond motifs is 1. The zero-order chi connectivity index (χ0) is 18.3. The van der Waals surface area contributed by atoms with E-state index in [0.29, 0.717) is 11.8 Å². The van der Waals surface area contributed by atoms with Crippen LogP contribution in [0.3, 0.4) is 0 Å². The zero-order valence-corrected chi connectivity index (χ0v) is 17.6. The summed E-state index contributed by atoms with van der Waals surface area (Å²) in [5.74, 6) is 2.17. The molecule has 2 aromatic heterocycles. The van der Waals surface area contributed by atoms with Gasteiger partial charge in [0, 0.05) is 23.4 Å². The number of aromatic nitrogens is 2. The van der Waals surface area contributed by atoms with Crippen molar-refractivity contribution in [1.82, 2.24) is 14.9 Å². The SMILES string of the molecule is Cc1nc(S[C@@H](C)C(=O)N2C[C@H](C)C[C@H](C)C2)c2c(C)c(C)sc2n1. The monoisotopic (exact) mass is 377 g/mol. The van der Waals surface area contributed by atoms with Gasteiger partial charge in [0.25, 0.3) is 0 Å². The van der Waals surface area contributed by atoms with Crippen LogP contribution in [0.15, 0.2) is 5.03 Å². The van der Waals surface area contributed by atoms with Gasteiger partial charge in [0.1, 0.15) is 15.7 Å². The van der Waals surface area contributed by atoms with E-state index in [1.54, 1.807) is 23.1 Å². The molecule has 0 radical (unpaired) electrons. The molecule has 0 aromatic carbocycles. The number of carbonyl (C=O) groups is 1. The van der Waals surface area contributed by atoms with E-state index in [1.165, 1.54) is 16.9 Å². The van der Waals surface area contributed by atoms with Gasteiger partial charge in [-0.15, -0.1) is 11.3 Å². The van der Waals surface area contributed by atoms with Crippen LogP contribution in [0.2, 0.25) is 0 Å². The Hall–Kier alpha value is -1.14. The first-order valence-electron chi connectivity index (χ1n) is 8.96. The van der Waals surface area contributed by atoms with E-state index >= 15 is 0 Å². The standard InChI is InChI=1S/C19H27N3OS2/c1-10-7-11(2)9-22(8-10)19(23)14(5)25-18-16-12(3)13(4)24-17(16)20-15(6)21-18/h10-11,14H,7-9H2,1-6H3/t10-,11+,14-/m0/s1. The molecule has 3 heterocycles. The van der Waals surface area contributed by atoms with E-state index in [-0.39, 0.29) is 11.2 Å². The Morgan fingerprint density at radius 1 is 1.20 bits per heavy atom. The molecule has 6 heteroatoms. The van der Waals surface area contributed by atoms with Crippen LogP contribution in [0.1, 0.15) is 43.5 Å². The van der Waals surface area contributed by atoms with Gasteiger partial charge in [-0.05, 0) is 51.5 Å². The summed E-state index contributed by atoms with van der Waals surface area (Å²) in [7, 11) is 0. The Balaban J connectivity index is 1.84. The van der Waals surface area contributed by atoms with Crippen LogP contribution in [0.4, 0.5) is 0 Å². The lowest BCUT2D eigenvalue weighted by atomic mass is 9.92. The van der Waals surface area contributed by atoms with Crippen LogP contribution in [-0.2, 0) is 4.79 Å². The number of aryl methyl sites for hydroxylation is 3. The Morgan fingerprint density at radius 2 is 1.84 bits per heavy atom. The highest BCUT2D eigenvalue weighted by Gasteiger charge is 2.29. The molecule has 0 aliphatic carbocycles. The van der Waals surface area contributed by atoms with Crippen molar-refractivity contribution in [1.29, 1.82) is 0 Å². The summed E-state index contributed by atoms with van der Waals surface area (Å²) in [5, 5.41) is 1.94. The summed E-state index contributed by atoms with van der Waals surface area (Å²) in [6.07, 6.45) is 1.21. The van der Waals surface area contributed by atoms with Crippen molar-refractivity contribution in [2.75, 3.05) is 13.1 Å². The third-order valence-corrected chi connectivity index (χ3v) is 7.10. The topological polar surface area (TPSA) is 46.1 Å². The van der Waals surface area contributed by atoms with Crippen molar-refractivity contribution in [2.45, 2.75) is 58.2 Å². The molecule has 2 aromatic rings. The predicted octanol–water partition coefficient (Wildman–Crippen LogP) is 4.60. The molecule has 1 aliphatic rings. The molecule has 3 atom stereocenters. The second kappa shape index (κ2) is 7.23. The molecule has 136 valence electrons. The second-order valence-electron chi connectivity index (χ2n) is 7.49. The van der Waals surface area contributed by atoms with Crippen molar-refractivity contribution >= 4 is 39.2 Å². The maximum atomic E-state index is 13.0. The maximum absolute atomic E-state index is 13.0. The molecular weight excluding hydrogens is 350 g/mol. The van der Waals surface area contributed by atoms with Crippen LogP contribution in [0, 0.1) is 32.6 Å². The number of amides is 1. The largest absolute Gasteiger partial charge is 0.341 e. The summed E-state index contributed by atoms with van der Waals surface area (Å²) in [6.45, 7) is 14.4. The lowest BCUT2D eigenvalue weighted by Gasteiger charge is -2.36. The summed E-state index contributed by atoms with van der Waals surface area (Å²) < 4.78 is 0. The van der Waals surface area contributed by atoms with Crippen molar-refractivity contribution in [3.63, 3.8) is 0 Å². The molecule has 0 bridgehead atoms. The number of nitrogens with zero attached hydrogens (tertiary/aromatic N) is 3. The van der Waals surface area contributed by atoms with Crippen molar-refractivity contribution in [3.05, 3.63) is 16.3 Å².